The summed E-state index contributed by atoms with van der Waals surface area (Å²) in [7, 11) is 0. The summed E-state index contributed by atoms with van der Waals surface area (Å²) in [6.45, 7) is 5.46. The molecule has 16 heavy (non-hydrogen) atoms. The van der Waals surface area contributed by atoms with Crippen LogP contribution in [0.1, 0.15) is 46.5 Å². The van der Waals surface area contributed by atoms with E-state index in [9.17, 15) is 4.79 Å². The van der Waals surface area contributed by atoms with Gasteiger partial charge in [0.25, 0.3) is 6.07 Å². The number of ether oxygens (including phenoxy) is 1. The highest BCUT2D eigenvalue weighted by Crippen LogP contribution is 2.22. The van der Waals surface area contributed by atoms with Crippen molar-refractivity contribution in [2.45, 2.75) is 58.1 Å². The van der Waals surface area contributed by atoms with Gasteiger partial charge in [-0.05, 0) is 46.5 Å². The Labute approximate surface area is 97.0 Å². The van der Waals surface area contributed by atoms with Gasteiger partial charge in [-0.25, -0.2) is 0 Å². The molecule has 2 N–H and O–H groups in total. The zero-order valence-electron chi connectivity index (χ0n) is 10.3. The van der Waals surface area contributed by atoms with E-state index in [1.165, 1.54) is 0 Å². The van der Waals surface area contributed by atoms with Gasteiger partial charge in [-0.2, -0.15) is 4.79 Å². The van der Waals surface area contributed by atoms with Crippen LogP contribution in [0.25, 0.3) is 4.85 Å². The van der Waals surface area contributed by atoms with Crippen LogP contribution in [0.3, 0.4) is 0 Å². The first-order valence-electron chi connectivity index (χ1n) is 5.81. The third-order valence-electron chi connectivity index (χ3n) is 2.50. The smallest absolute Gasteiger partial charge is 0.392 e. The van der Waals surface area contributed by atoms with Gasteiger partial charge in [0.2, 0.25) is 0 Å². The highest BCUT2D eigenvalue weighted by molar-refractivity contribution is 5.79. The molecule has 1 fully saturated rings. The fraction of sp³-hybridized carbons (Fsp3) is 0.833. The van der Waals surface area contributed by atoms with Crippen molar-refractivity contribution in [3.8, 4) is 6.07 Å². The number of carbonyl (C=O) groups is 1. The second-order valence-electron chi connectivity index (χ2n) is 5.33. The molecule has 0 heterocycles. The van der Waals surface area contributed by atoms with Gasteiger partial charge in [-0.1, -0.05) is 0 Å². The molecule has 0 unspecified atom stereocenters. The number of amides is 1. The standard InChI is InChI=1S/C12H21N2O2/c1-12(2,3)16-11(15)14-8-9-4-6-10(13)7-5-9/h9-10H,4-7,13H2,1-3H3/q+1. The Bertz CT molecular complexity index is 301. The maximum absolute atomic E-state index is 11.3. The molecule has 0 aromatic heterocycles. The maximum Gasteiger partial charge on any atom is 0.728 e. The molecule has 1 rings (SSSR count). The second-order valence-corrected chi connectivity index (χ2v) is 5.33. The highest BCUT2D eigenvalue weighted by Gasteiger charge is 2.26. The lowest BCUT2D eigenvalue weighted by Gasteiger charge is -2.19. The van der Waals surface area contributed by atoms with Crippen molar-refractivity contribution in [1.82, 2.24) is 0 Å². The fourth-order valence-electron chi connectivity index (χ4n) is 1.68. The Balaban J connectivity index is 2.39. The summed E-state index contributed by atoms with van der Waals surface area (Å²) >= 11 is 0. The van der Waals surface area contributed by atoms with Crippen molar-refractivity contribution >= 4 is 6.09 Å². The van der Waals surface area contributed by atoms with Gasteiger partial charge in [0.05, 0.1) is 10.8 Å². The average molecular weight is 225 g/mol. The van der Waals surface area contributed by atoms with Crippen molar-refractivity contribution in [3.63, 3.8) is 0 Å². The van der Waals surface area contributed by atoms with Crippen LogP contribution in [0.15, 0.2) is 0 Å². The van der Waals surface area contributed by atoms with Crippen molar-refractivity contribution in [1.29, 1.82) is 0 Å². The predicted octanol–water partition coefficient (Wildman–Crippen LogP) is 2.77. The Hall–Kier alpha value is -1.08. The molecular weight excluding hydrogens is 204 g/mol. The van der Waals surface area contributed by atoms with Crippen LogP contribution >= 0.6 is 0 Å². The molecule has 4 nitrogen and oxygen atoms in total. The average Bonchev–Trinajstić information content (AvgIpc) is 2.14. The first-order chi connectivity index (χ1) is 7.37. The minimum atomic E-state index is -0.553. The molecule has 0 saturated heterocycles. The number of nitrogens with two attached hydrogens (primary N) is 1. The van der Waals surface area contributed by atoms with E-state index in [2.05, 4.69) is 10.9 Å². The van der Waals surface area contributed by atoms with Gasteiger partial charge >= 0.3 is 6.09 Å². The van der Waals surface area contributed by atoms with E-state index in [-0.39, 0.29) is 5.92 Å². The summed E-state index contributed by atoms with van der Waals surface area (Å²) in [6, 6.07) is 3.16. The minimum Gasteiger partial charge on any atom is -0.392 e. The normalized spacial score (nSPS) is 25.5. The number of carbonyl (C=O) groups excluding carboxylic acids is 1. The second kappa shape index (κ2) is 5.31. The van der Waals surface area contributed by atoms with Crippen LogP contribution in [0.5, 0.6) is 0 Å². The highest BCUT2D eigenvalue weighted by atomic mass is 16.6. The summed E-state index contributed by atoms with van der Waals surface area (Å²) < 4.78 is 5.06. The summed E-state index contributed by atoms with van der Waals surface area (Å²) in [5.41, 5.74) is 5.30. The molecule has 4 heteroatoms. The van der Waals surface area contributed by atoms with E-state index in [0.29, 0.717) is 6.04 Å². The lowest BCUT2D eigenvalue weighted by atomic mass is 9.87. The van der Waals surface area contributed by atoms with Crippen molar-refractivity contribution < 1.29 is 9.53 Å². The molecule has 0 atom stereocenters. The van der Waals surface area contributed by atoms with E-state index < -0.39 is 11.7 Å². The quantitative estimate of drug-likeness (QED) is 0.689. The third-order valence-corrected chi connectivity index (χ3v) is 2.50. The molecule has 0 bridgehead atoms. The van der Waals surface area contributed by atoms with Gasteiger partial charge < -0.3 is 10.5 Å². The molecule has 0 aliphatic heterocycles. The molecular formula is C12H21N2O2+. The minimum absolute atomic E-state index is 0.257. The lowest BCUT2D eigenvalue weighted by Crippen LogP contribution is -2.26. The Kier molecular flexibility index (Phi) is 4.31. The third kappa shape index (κ3) is 5.13. The number of nitrogens with zero attached hydrogens (tertiary/aromatic N) is 1. The van der Waals surface area contributed by atoms with Crippen LogP contribution < -0.4 is 5.73 Å². The van der Waals surface area contributed by atoms with Crippen LogP contribution in [-0.4, -0.2) is 17.7 Å². The molecule has 90 valence electrons. The van der Waals surface area contributed by atoms with Crippen molar-refractivity contribution in [2.24, 2.45) is 11.7 Å². The Morgan fingerprint density at radius 1 is 1.31 bits per heavy atom. The summed E-state index contributed by atoms with van der Waals surface area (Å²) in [5.74, 6) is 0.257. The molecule has 0 spiro atoms. The van der Waals surface area contributed by atoms with Gasteiger partial charge in [0, 0.05) is 6.04 Å². The largest absolute Gasteiger partial charge is 0.728 e. The molecule has 0 aromatic carbocycles. The fourth-order valence-corrected chi connectivity index (χ4v) is 1.68. The summed E-state index contributed by atoms with van der Waals surface area (Å²) in [5, 5.41) is 0. The molecule has 1 aliphatic carbocycles. The van der Waals surface area contributed by atoms with E-state index >= 15 is 0 Å². The van der Waals surface area contributed by atoms with Gasteiger partial charge in [0.1, 0.15) is 5.60 Å². The van der Waals surface area contributed by atoms with Crippen LogP contribution in [-0.2, 0) is 4.74 Å². The van der Waals surface area contributed by atoms with Crippen molar-refractivity contribution in [2.75, 3.05) is 0 Å². The molecule has 1 saturated carbocycles. The molecule has 1 amide bonds. The van der Waals surface area contributed by atoms with E-state index in [1.807, 2.05) is 20.8 Å². The van der Waals surface area contributed by atoms with Crippen molar-refractivity contribution in [3.05, 3.63) is 4.85 Å². The van der Waals surface area contributed by atoms with Crippen LogP contribution in [0.4, 0.5) is 4.79 Å². The number of hydrogen-bond donors (Lipinski definition) is 1. The lowest BCUT2D eigenvalue weighted by molar-refractivity contribution is 0.0664. The Morgan fingerprint density at radius 2 is 1.88 bits per heavy atom. The number of rotatable bonds is 0. The van der Waals surface area contributed by atoms with E-state index in [1.54, 1.807) is 0 Å². The monoisotopic (exact) mass is 225 g/mol. The number of hydrogen-bond acceptors (Lipinski definition) is 3. The van der Waals surface area contributed by atoms with Crippen LogP contribution in [0.2, 0.25) is 0 Å². The van der Waals surface area contributed by atoms with E-state index in [4.69, 9.17) is 10.5 Å². The molecule has 0 aromatic rings. The first-order valence-corrected chi connectivity index (χ1v) is 5.81. The van der Waals surface area contributed by atoms with Gasteiger partial charge in [-0.15, -0.1) is 0 Å². The zero-order chi connectivity index (χ0) is 12.2. The maximum atomic E-state index is 11.3. The summed E-state index contributed by atoms with van der Waals surface area (Å²) in [6.07, 6.45) is 3.35. The summed E-state index contributed by atoms with van der Waals surface area (Å²) in [4.78, 5) is 15.0. The molecule has 0 radical (unpaired) electrons. The molecule has 1 aliphatic rings. The first kappa shape index (κ1) is 13.0. The van der Waals surface area contributed by atoms with E-state index in [0.717, 1.165) is 25.7 Å². The zero-order valence-corrected chi connectivity index (χ0v) is 10.3. The Morgan fingerprint density at radius 3 is 2.38 bits per heavy atom. The SMILES string of the molecule is CC(C)(C)OC(=O)[N+]#CC1CCC(N)CC1. The van der Waals surface area contributed by atoms with Gasteiger partial charge in [0.15, 0.2) is 0 Å². The predicted molar refractivity (Wildman–Crippen MR) is 63.4 cm³/mol. The van der Waals surface area contributed by atoms with Crippen LogP contribution in [0, 0.1) is 12.0 Å². The topological polar surface area (TPSA) is 56.7 Å². The van der Waals surface area contributed by atoms with Gasteiger partial charge in [-0.3, -0.25) is 0 Å².